The average Bonchev–Trinajstić information content (AvgIpc) is 3.16. The second-order valence-electron chi connectivity index (χ2n) is 9.41. The van der Waals surface area contributed by atoms with Gasteiger partial charge in [-0.25, -0.2) is 4.98 Å². The molecule has 1 aliphatic rings. The van der Waals surface area contributed by atoms with E-state index < -0.39 is 0 Å². The number of aryl methyl sites for hydroxylation is 3. The molecule has 1 saturated heterocycles. The van der Waals surface area contributed by atoms with Gasteiger partial charge in [0.15, 0.2) is 5.65 Å². The van der Waals surface area contributed by atoms with Crippen LogP contribution in [-0.2, 0) is 13.0 Å². The third-order valence-electron chi connectivity index (χ3n) is 7.14. The van der Waals surface area contributed by atoms with Crippen molar-refractivity contribution in [2.24, 2.45) is 5.92 Å². The molecule has 0 atom stereocenters. The van der Waals surface area contributed by atoms with Crippen molar-refractivity contribution in [1.82, 2.24) is 23.8 Å². The van der Waals surface area contributed by atoms with Crippen LogP contribution in [0.3, 0.4) is 0 Å². The lowest BCUT2D eigenvalue weighted by Gasteiger charge is -2.32. The summed E-state index contributed by atoms with van der Waals surface area (Å²) in [5.41, 5.74) is 4.32. The van der Waals surface area contributed by atoms with Gasteiger partial charge in [-0.1, -0.05) is 30.3 Å². The van der Waals surface area contributed by atoms with E-state index in [2.05, 4.69) is 45.2 Å². The number of hydrogen-bond acceptors (Lipinski definition) is 5. The molecule has 7 nitrogen and oxygen atoms in total. The molecular weight excluding hydrogens is 426 g/mol. The zero-order valence-electron chi connectivity index (χ0n) is 20.3. The van der Waals surface area contributed by atoms with Gasteiger partial charge in [0, 0.05) is 12.6 Å². The van der Waals surface area contributed by atoms with Gasteiger partial charge in [-0.05, 0) is 76.7 Å². The van der Waals surface area contributed by atoms with Gasteiger partial charge in [0.1, 0.15) is 11.3 Å². The quantitative estimate of drug-likeness (QED) is 0.418. The molecule has 1 fully saturated rings. The fourth-order valence-electron chi connectivity index (χ4n) is 5.36. The first kappa shape index (κ1) is 22.6. The predicted molar refractivity (Wildman–Crippen MR) is 135 cm³/mol. The van der Waals surface area contributed by atoms with Crippen LogP contribution in [0.1, 0.15) is 36.3 Å². The Labute approximate surface area is 200 Å². The minimum Gasteiger partial charge on any atom is -0.481 e. The molecule has 0 amide bonds. The highest BCUT2D eigenvalue weighted by Crippen LogP contribution is 2.23. The topological polar surface area (TPSA) is 64.7 Å². The first-order chi connectivity index (χ1) is 16.5. The minimum atomic E-state index is -0.000800. The maximum Gasteiger partial charge on any atom is 0.277 e. The standard InChI is InChI=1S/C27H33N5O2/c1-19-25-27(33)31(23-10-11-24(34-3)29-26(23)32(25)20(2)28-19)15-7-14-30-16-12-22(13-17-30)18-21-8-5-4-6-9-21/h4-6,8-11,22H,7,12-18H2,1-3H3. The number of fused-ring (bicyclic) bond motifs is 3. The fraction of sp³-hybridized carbons (Fsp3) is 0.444. The lowest BCUT2D eigenvalue weighted by molar-refractivity contribution is 0.180. The molecule has 3 aromatic heterocycles. The summed E-state index contributed by atoms with van der Waals surface area (Å²) in [6, 6.07) is 14.6. The molecule has 34 heavy (non-hydrogen) atoms. The second kappa shape index (κ2) is 9.58. The largest absolute Gasteiger partial charge is 0.481 e. The number of methoxy groups -OCH3 is 1. The number of hydrogen-bond donors (Lipinski definition) is 0. The summed E-state index contributed by atoms with van der Waals surface area (Å²) in [5.74, 6) is 2.06. The van der Waals surface area contributed by atoms with E-state index in [-0.39, 0.29) is 5.56 Å². The number of ether oxygens (including phenoxy) is 1. The molecule has 178 valence electrons. The van der Waals surface area contributed by atoms with Gasteiger partial charge >= 0.3 is 0 Å². The van der Waals surface area contributed by atoms with Crippen LogP contribution in [0, 0.1) is 19.8 Å². The molecule has 0 aliphatic carbocycles. The number of rotatable bonds is 7. The number of pyridine rings is 1. The number of benzene rings is 1. The van der Waals surface area contributed by atoms with E-state index in [9.17, 15) is 4.79 Å². The van der Waals surface area contributed by atoms with E-state index in [1.807, 2.05) is 34.9 Å². The van der Waals surface area contributed by atoms with Crippen molar-refractivity contribution in [3.63, 3.8) is 0 Å². The number of piperidine rings is 1. The Morgan fingerprint density at radius 2 is 1.76 bits per heavy atom. The molecule has 4 heterocycles. The molecule has 0 radical (unpaired) electrons. The molecule has 4 aromatic rings. The Morgan fingerprint density at radius 1 is 1.00 bits per heavy atom. The van der Waals surface area contributed by atoms with Crippen LogP contribution < -0.4 is 10.3 Å². The normalized spacial score (nSPS) is 15.4. The highest BCUT2D eigenvalue weighted by molar-refractivity contribution is 5.77. The van der Waals surface area contributed by atoms with Gasteiger partial charge in [0.2, 0.25) is 5.88 Å². The van der Waals surface area contributed by atoms with Gasteiger partial charge in [-0.15, -0.1) is 0 Å². The summed E-state index contributed by atoms with van der Waals surface area (Å²) in [4.78, 5) is 25.2. The van der Waals surface area contributed by atoms with Crippen molar-refractivity contribution in [3.05, 3.63) is 69.9 Å². The molecule has 1 aromatic carbocycles. The van der Waals surface area contributed by atoms with Crippen molar-refractivity contribution < 1.29 is 4.74 Å². The van der Waals surface area contributed by atoms with Crippen LogP contribution >= 0.6 is 0 Å². The predicted octanol–water partition coefficient (Wildman–Crippen LogP) is 4.01. The third kappa shape index (κ3) is 4.32. The van der Waals surface area contributed by atoms with Crippen LogP contribution in [0.5, 0.6) is 5.88 Å². The molecule has 5 rings (SSSR count). The van der Waals surface area contributed by atoms with Crippen molar-refractivity contribution in [3.8, 4) is 5.88 Å². The average molecular weight is 460 g/mol. The summed E-state index contributed by atoms with van der Waals surface area (Å²) >= 11 is 0. The monoisotopic (exact) mass is 459 g/mol. The minimum absolute atomic E-state index is 0.000800. The van der Waals surface area contributed by atoms with Crippen LogP contribution in [0.2, 0.25) is 0 Å². The smallest absolute Gasteiger partial charge is 0.277 e. The number of likely N-dealkylation sites (tertiary alicyclic amines) is 1. The van der Waals surface area contributed by atoms with E-state index in [1.54, 1.807) is 7.11 Å². The number of aromatic nitrogens is 4. The highest BCUT2D eigenvalue weighted by atomic mass is 16.5. The Bertz CT molecular complexity index is 1350. The highest BCUT2D eigenvalue weighted by Gasteiger charge is 2.21. The Balaban J connectivity index is 1.29. The summed E-state index contributed by atoms with van der Waals surface area (Å²) < 4.78 is 9.09. The molecule has 0 saturated carbocycles. The van der Waals surface area contributed by atoms with Crippen LogP contribution in [0.15, 0.2) is 47.3 Å². The van der Waals surface area contributed by atoms with Gasteiger partial charge in [-0.3, -0.25) is 9.20 Å². The molecule has 0 N–H and O–H groups in total. The van der Waals surface area contributed by atoms with Crippen molar-refractivity contribution in [1.29, 1.82) is 0 Å². The Kier molecular flexibility index (Phi) is 6.37. The first-order valence-corrected chi connectivity index (χ1v) is 12.2. The number of nitrogens with zero attached hydrogens (tertiary/aromatic N) is 5. The lowest BCUT2D eigenvalue weighted by Crippen LogP contribution is -2.35. The lowest BCUT2D eigenvalue weighted by atomic mass is 9.90. The van der Waals surface area contributed by atoms with Gasteiger partial charge in [0.05, 0.1) is 18.3 Å². The maximum atomic E-state index is 13.5. The molecule has 0 unspecified atom stereocenters. The summed E-state index contributed by atoms with van der Waals surface area (Å²) in [6.45, 7) is 7.72. The first-order valence-electron chi connectivity index (χ1n) is 12.2. The zero-order chi connectivity index (χ0) is 23.7. The summed E-state index contributed by atoms with van der Waals surface area (Å²) in [5, 5.41) is 0. The van der Waals surface area contributed by atoms with Crippen LogP contribution in [0.4, 0.5) is 0 Å². The van der Waals surface area contributed by atoms with E-state index in [0.717, 1.165) is 49.0 Å². The third-order valence-corrected chi connectivity index (χ3v) is 7.14. The Morgan fingerprint density at radius 3 is 2.50 bits per heavy atom. The van der Waals surface area contributed by atoms with Crippen molar-refractivity contribution in [2.75, 3.05) is 26.7 Å². The van der Waals surface area contributed by atoms with E-state index in [4.69, 9.17) is 4.74 Å². The number of imidazole rings is 1. The van der Waals surface area contributed by atoms with E-state index in [0.29, 0.717) is 23.6 Å². The zero-order valence-corrected chi connectivity index (χ0v) is 20.3. The second-order valence-corrected chi connectivity index (χ2v) is 9.41. The summed E-state index contributed by atoms with van der Waals surface area (Å²) in [7, 11) is 1.61. The van der Waals surface area contributed by atoms with E-state index in [1.165, 1.54) is 24.8 Å². The van der Waals surface area contributed by atoms with Gasteiger partial charge < -0.3 is 14.2 Å². The molecule has 0 bridgehead atoms. The molecule has 7 heteroatoms. The molecule has 0 spiro atoms. The maximum absolute atomic E-state index is 13.5. The molecule has 1 aliphatic heterocycles. The fourth-order valence-corrected chi connectivity index (χ4v) is 5.36. The van der Waals surface area contributed by atoms with Crippen LogP contribution in [0.25, 0.3) is 16.7 Å². The van der Waals surface area contributed by atoms with Crippen LogP contribution in [-0.4, -0.2) is 50.6 Å². The van der Waals surface area contributed by atoms with Crippen molar-refractivity contribution >= 4 is 16.7 Å². The summed E-state index contributed by atoms with van der Waals surface area (Å²) in [6.07, 6.45) is 4.58. The van der Waals surface area contributed by atoms with E-state index >= 15 is 0 Å². The SMILES string of the molecule is COc1ccc2c(n1)n1c(C)nc(C)c1c(=O)n2CCCN1CCC(Cc2ccccc2)CC1. The van der Waals surface area contributed by atoms with Crippen molar-refractivity contribution in [2.45, 2.75) is 46.1 Å². The molecular formula is C27H33N5O2. The van der Waals surface area contributed by atoms with Gasteiger partial charge in [0.25, 0.3) is 5.56 Å². The van der Waals surface area contributed by atoms with Gasteiger partial charge in [-0.2, -0.15) is 4.98 Å². The Hall–Kier alpha value is -3.19.